The van der Waals surface area contributed by atoms with Crippen LogP contribution in [0.3, 0.4) is 0 Å². The summed E-state index contributed by atoms with van der Waals surface area (Å²) in [5.41, 5.74) is 2.23. The molecule has 1 N–H and O–H groups in total. The number of hydrogen-bond donors (Lipinski definition) is 1. The molecule has 0 spiro atoms. The Hall–Kier alpha value is -3.02. The first kappa shape index (κ1) is 13.0. The minimum absolute atomic E-state index is 0.146. The zero-order chi connectivity index (χ0) is 14.7. The molecular weight excluding hydrogens is 266 g/mol. The summed E-state index contributed by atoms with van der Waals surface area (Å²) in [6, 6.07) is 11.0. The second kappa shape index (κ2) is 5.54. The lowest BCUT2D eigenvalue weighted by molar-refractivity contribution is 0.102. The molecule has 0 saturated carbocycles. The van der Waals surface area contributed by atoms with Crippen LogP contribution < -0.4 is 5.32 Å². The number of aromatic nitrogens is 4. The Balaban J connectivity index is 1.77. The minimum atomic E-state index is -0.146. The van der Waals surface area contributed by atoms with Crippen LogP contribution in [0.5, 0.6) is 0 Å². The maximum absolute atomic E-state index is 12.2. The van der Waals surface area contributed by atoms with Crippen molar-refractivity contribution in [3.63, 3.8) is 0 Å². The molecule has 0 fully saturated rings. The highest BCUT2D eigenvalue weighted by atomic mass is 16.1. The fraction of sp³-hybridized carbons (Fsp3) is 0.0667. The van der Waals surface area contributed by atoms with Crippen LogP contribution in [0.25, 0.3) is 5.82 Å². The maximum atomic E-state index is 12.2. The number of amides is 1. The smallest absolute Gasteiger partial charge is 0.255 e. The van der Waals surface area contributed by atoms with Crippen molar-refractivity contribution in [2.75, 3.05) is 5.32 Å². The molecule has 0 aliphatic rings. The average molecular weight is 279 g/mol. The molecule has 104 valence electrons. The molecule has 21 heavy (non-hydrogen) atoms. The van der Waals surface area contributed by atoms with Gasteiger partial charge in [0.25, 0.3) is 5.91 Å². The highest BCUT2D eigenvalue weighted by molar-refractivity contribution is 6.05. The molecule has 6 heteroatoms. The van der Waals surface area contributed by atoms with Gasteiger partial charge in [-0.25, -0.2) is 4.98 Å². The molecule has 0 bridgehead atoms. The van der Waals surface area contributed by atoms with E-state index < -0.39 is 0 Å². The topological polar surface area (TPSA) is 72.7 Å². The van der Waals surface area contributed by atoms with Gasteiger partial charge in [0.2, 0.25) is 0 Å². The van der Waals surface area contributed by atoms with Crippen molar-refractivity contribution >= 4 is 11.6 Å². The van der Waals surface area contributed by atoms with Gasteiger partial charge in [0, 0.05) is 5.56 Å². The van der Waals surface area contributed by atoms with E-state index in [-0.39, 0.29) is 5.91 Å². The minimum Gasteiger partial charge on any atom is -0.321 e. The molecule has 1 aromatic carbocycles. The number of hydrogen-bond acceptors (Lipinski definition) is 4. The number of carbonyl (C=O) groups is 1. The standard InChI is InChI=1S/C15H13N5O/c1-11-4-2-3-5-13(11)15(21)19-12-6-7-14(16-8-12)20-9-17-18-10-20/h2-10H,1H3,(H,19,21). The zero-order valence-electron chi connectivity index (χ0n) is 11.4. The summed E-state index contributed by atoms with van der Waals surface area (Å²) in [5.74, 6) is 0.542. The van der Waals surface area contributed by atoms with Gasteiger partial charge in [-0.05, 0) is 30.7 Å². The SMILES string of the molecule is Cc1ccccc1C(=O)Nc1ccc(-n2cnnc2)nc1. The molecule has 3 rings (SSSR count). The summed E-state index contributed by atoms with van der Waals surface area (Å²) in [6.45, 7) is 1.91. The number of nitrogens with zero attached hydrogens (tertiary/aromatic N) is 4. The number of anilines is 1. The van der Waals surface area contributed by atoms with Gasteiger partial charge in [-0.3, -0.25) is 9.36 Å². The Kier molecular flexibility index (Phi) is 3.42. The van der Waals surface area contributed by atoms with Gasteiger partial charge in [-0.15, -0.1) is 10.2 Å². The van der Waals surface area contributed by atoms with E-state index in [2.05, 4.69) is 20.5 Å². The van der Waals surface area contributed by atoms with Gasteiger partial charge in [0.05, 0.1) is 11.9 Å². The van der Waals surface area contributed by atoms with Gasteiger partial charge in [0.1, 0.15) is 18.5 Å². The summed E-state index contributed by atoms with van der Waals surface area (Å²) < 4.78 is 1.69. The number of benzene rings is 1. The monoisotopic (exact) mass is 279 g/mol. The first-order valence-corrected chi connectivity index (χ1v) is 6.42. The summed E-state index contributed by atoms with van der Waals surface area (Å²) in [6.07, 6.45) is 4.73. The van der Waals surface area contributed by atoms with Gasteiger partial charge >= 0.3 is 0 Å². The van der Waals surface area contributed by atoms with Crippen molar-refractivity contribution in [3.05, 3.63) is 66.4 Å². The third kappa shape index (κ3) is 2.79. The van der Waals surface area contributed by atoms with Crippen molar-refractivity contribution in [2.45, 2.75) is 6.92 Å². The van der Waals surface area contributed by atoms with Gasteiger partial charge in [-0.2, -0.15) is 0 Å². The summed E-state index contributed by atoms with van der Waals surface area (Å²) in [7, 11) is 0. The molecule has 0 aliphatic carbocycles. The second-order valence-electron chi connectivity index (χ2n) is 4.54. The average Bonchev–Trinajstić information content (AvgIpc) is 3.02. The Labute approximate surface area is 121 Å². The third-order valence-corrected chi connectivity index (χ3v) is 3.08. The highest BCUT2D eigenvalue weighted by Gasteiger charge is 2.08. The maximum Gasteiger partial charge on any atom is 0.255 e. The highest BCUT2D eigenvalue weighted by Crippen LogP contribution is 2.13. The largest absolute Gasteiger partial charge is 0.321 e. The fourth-order valence-electron chi connectivity index (χ4n) is 1.96. The number of nitrogens with one attached hydrogen (secondary N) is 1. The molecule has 2 aromatic heterocycles. The van der Waals surface area contributed by atoms with E-state index in [1.807, 2.05) is 25.1 Å². The first-order valence-electron chi connectivity index (χ1n) is 6.42. The van der Waals surface area contributed by atoms with E-state index in [1.165, 1.54) is 0 Å². The second-order valence-corrected chi connectivity index (χ2v) is 4.54. The van der Waals surface area contributed by atoms with Crippen LogP contribution >= 0.6 is 0 Å². The molecule has 3 aromatic rings. The van der Waals surface area contributed by atoms with Crippen molar-refractivity contribution in [1.29, 1.82) is 0 Å². The quantitative estimate of drug-likeness (QED) is 0.798. The van der Waals surface area contributed by atoms with Crippen LogP contribution in [-0.2, 0) is 0 Å². The molecule has 0 unspecified atom stereocenters. The normalized spacial score (nSPS) is 10.3. The summed E-state index contributed by atoms with van der Waals surface area (Å²) >= 11 is 0. The van der Waals surface area contributed by atoms with Crippen LogP contribution in [0, 0.1) is 6.92 Å². The van der Waals surface area contributed by atoms with Gasteiger partial charge < -0.3 is 5.32 Å². The van der Waals surface area contributed by atoms with Crippen LogP contribution in [0.1, 0.15) is 15.9 Å². The van der Waals surface area contributed by atoms with Gasteiger partial charge in [0.15, 0.2) is 0 Å². The third-order valence-electron chi connectivity index (χ3n) is 3.08. The van der Waals surface area contributed by atoms with E-state index in [1.54, 1.807) is 41.6 Å². The molecular formula is C15H13N5O. The van der Waals surface area contributed by atoms with E-state index in [0.29, 0.717) is 17.1 Å². The summed E-state index contributed by atoms with van der Waals surface area (Å²) in [5, 5.41) is 10.3. The van der Waals surface area contributed by atoms with Crippen molar-refractivity contribution in [3.8, 4) is 5.82 Å². The predicted octanol–water partition coefficient (Wildman–Crippen LogP) is 2.22. The van der Waals surface area contributed by atoms with E-state index in [4.69, 9.17) is 0 Å². The Morgan fingerprint density at radius 3 is 2.52 bits per heavy atom. The zero-order valence-corrected chi connectivity index (χ0v) is 11.4. The van der Waals surface area contributed by atoms with E-state index >= 15 is 0 Å². The lowest BCUT2D eigenvalue weighted by Gasteiger charge is -2.08. The number of carbonyl (C=O) groups excluding carboxylic acids is 1. The predicted molar refractivity (Wildman–Crippen MR) is 78.3 cm³/mol. The van der Waals surface area contributed by atoms with Crippen LogP contribution in [0.4, 0.5) is 5.69 Å². The van der Waals surface area contributed by atoms with Crippen LogP contribution in [-0.4, -0.2) is 25.7 Å². The van der Waals surface area contributed by atoms with Crippen LogP contribution in [0.15, 0.2) is 55.2 Å². The number of rotatable bonds is 3. The number of aryl methyl sites for hydroxylation is 1. The lowest BCUT2D eigenvalue weighted by Crippen LogP contribution is -2.13. The molecule has 0 atom stereocenters. The molecule has 1 amide bonds. The molecule has 2 heterocycles. The molecule has 0 radical (unpaired) electrons. The van der Waals surface area contributed by atoms with E-state index in [0.717, 1.165) is 5.56 Å². The van der Waals surface area contributed by atoms with Crippen molar-refractivity contribution < 1.29 is 4.79 Å². The fourth-order valence-corrected chi connectivity index (χ4v) is 1.96. The van der Waals surface area contributed by atoms with Crippen molar-refractivity contribution in [1.82, 2.24) is 19.7 Å². The molecule has 0 aliphatic heterocycles. The first-order chi connectivity index (χ1) is 10.2. The molecule has 0 saturated heterocycles. The van der Waals surface area contributed by atoms with Gasteiger partial charge in [-0.1, -0.05) is 18.2 Å². The Morgan fingerprint density at radius 2 is 1.86 bits per heavy atom. The van der Waals surface area contributed by atoms with E-state index in [9.17, 15) is 4.79 Å². The number of pyridine rings is 1. The Bertz CT molecular complexity index is 750. The lowest BCUT2D eigenvalue weighted by atomic mass is 10.1. The summed E-state index contributed by atoms with van der Waals surface area (Å²) in [4.78, 5) is 16.4. The van der Waals surface area contributed by atoms with Crippen molar-refractivity contribution in [2.24, 2.45) is 0 Å². The van der Waals surface area contributed by atoms with Crippen LogP contribution in [0.2, 0.25) is 0 Å². The Morgan fingerprint density at radius 1 is 1.10 bits per heavy atom. The molecule has 6 nitrogen and oxygen atoms in total.